The number of likely N-dealkylation sites (tertiary alicyclic amines) is 1. The van der Waals surface area contributed by atoms with E-state index in [1.54, 1.807) is 0 Å². The first-order valence-electron chi connectivity index (χ1n) is 7.70. The van der Waals surface area contributed by atoms with Gasteiger partial charge in [0, 0.05) is 12.2 Å². The predicted octanol–water partition coefficient (Wildman–Crippen LogP) is 3.48. The predicted molar refractivity (Wildman–Crippen MR) is 84.0 cm³/mol. The third kappa shape index (κ3) is 4.07. The van der Waals surface area contributed by atoms with Crippen molar-refractivity contribution >= 4 is 11.6 Å². The van der Waals surface area contributed by atoms with Crippen LogP contribution in [0.4, 0.5) is 5.69 Å². The summed E-state index contributed by atoms with van der Waals surface area (Å²) >= 11 is 0. The second-order valence-electron chi connectivity index (χ2n) is 6.11. The Balaban J connectivity index is 1.85. The van der Waals surface area contributed by atoms with Crippen LogP contribution in [-0.2, 0) is 4.79 Å². The normalized spacial score (nSPS) is 20.9. The van der Waals surface area contributed by atoms with Gasteiger partial charge in [-0.2, -0.15) is 0 Å². The van der Waals surface area contributed by atoms with Gasteiger partial charge in [-0.25, -0.2) is 0 Å². The molecule has 1 saturated heterocycles. The van der Waals surface area contributed by atoms with Crippen LogP contribution in [0.1, 0.15) is 45.1 Å². The highest BCUT2D eigenvalue weighted by molar-refractivity contribution is 5.92. The van der Waals surface area contributed by atoms with E-state index in [2.05, 4.69) is 43.1 Å². The molecular formula is C17H26N2O. The zero-order valence-electron chi connectivity index (χ0n) is 12.9. The molecule has 1 N–H and O–H groups in total. The molecule has 0 spiro atoms. The van der Waals surface area contributed by atoms with E-state index in [9.17, 15) is 4.79 Å². The number of carbonyl (C=O) groups excluding carboxylic acids is 1. The highest BCUT2D eigenvalue weighted by Crippen LogP contribution is 2.20. The highest BCUT2D eigenvalue weighted by atomic mass is 16.2. The number of nitrogens with one attached hydrogen (secondary N) is 1. The van der Waals surface area contributed by atoms with Gasteiger partial charge < -0.3 is 5.32 Å². The van der Waals surface area contributed by atoms with Crippen molar-refractivity contribution in [2.45, 2.75) is 39.5 Å². The molecule has 2 unspecified atom stereocenters. The van der Waals surface area contributed by atoms with Gasteiger partial charge in [0.25, 0.3) is 0 Å². The van der Waals surface area contributed by atoms with E-state index in [1.165, 1.54) is 12.0 Å². The maximum Gasteiger partial charge on any atom is 0.238 e. The zero-order valence-corrected chi connectivity index (χ0v) is 12.9. The van der Waals surface area contributed by atoms with E-state index in [1.807, 2.05) is 12.1 Å². The van der Waals surface area contributed by atoms with Crippen LogP contribution in [-0.4, -0.2) is 30.4 Å². The van der Waals surface area contributed by atoms with Crippen molar-refractivity contribution in [3.8, 4) is 0 Å². The zero-order chi connectivity index (χ0) is 14.5. The largest absolute Gasteiger partial charge is 0.325 e. The first-order valence-corrected chi connectivity index (χ1v) is 7.70. The number of hydrogen-bond donors (Lipinski definition) is 1. The maximum atomic E-state index is 12.0. The van der Waals surface area contributed by atoms with Gasteiger partial charge in [-0.1, -0.05) is 32.9 Å². The van der Waals surface area contributed by atoms with Crippen LogP contribution in [0, 0.1) is 5.92 Å². The summed E-state index contributed by atoms with van der Waals surface area (Å²) in [6, 6.07) is 8.24. The SMILES string of the molecule is CCC(C)c1ccc(NC(=O)CN2CCC(C)C2)cc1. The standard InChI is InChI=1S/C17H26N2O/c1-4-14(3)15-5-7-16(8-6-15)18-17(20)12-19-10-9-13(2)11-19/h5-8,13-14H,4,9-12H2,1-3H3,(H,18,20). The Morgan fingerprint density at radius 1 is 1.40 bits per heavy atom. The van der Waals surface area contributed by atoms with Gasteiger partial charge in [-0.05, 0) is 48.9 Å². The van der Waals surface area contributed by atoms with Gasteiger partial charge in [0.15, 0.2) is 0 Å². The molecule has 3 nitrogen and oxygen atoms in total. The first-order chi connectivity index (χ1) is 9.58. The third-order valence-electron chi connectivity index (χ3n) is 4.25. The van der Waals surface area contributed by atoms with Crippen molar-refractivity contribution in [2.75, 3.05) is 25.0 Å². The van der Waals surface area contributed by atoms with Crippen molar-refractivity contribution in [1.29, 1.82) is 0 Å². The van der Waals surface area contributed by atoms with Crippen LogP contribution in [0.2, 0.25) is 0 Å². The Kier molecular flexibility index (Phi) is 5.18. The van der Waals surface area contributed by atoms with Crippen LogP contribution in [0.5, 0.6) is 0 Å². The topological polar surface area (TPSA) is 32.3 Å². The molecule has 1 aromatic carbocycles. The van der Waals surface area contributed by atoms with Gasteiger partial charge in [-0.3, -0.25) is 9.69 Å². The lowest BCUT2D eigenvalue weighted by molar-refractivity contribution is -0.117. The fourth-order valence-electron chi connectivity index (χ4n) is 2.70. The van der Waals surface area contributed by atoms with Crippen molar-refractivity contribution in [2.24, 2.45) is 5.92 Å². The van der Waals surface area contributed by atoms with E-state index in [0.717, 1.165) is 31.1 Å². The molecule has 0 radical (unpaired) electrons. The Hall–Kier alpha value is -1.35. The van der Waals surface area contributed by atoms with Crippen LogP contribution >= 0.6 is 0 Å². The number of amides is 1. The Morgan fingerprint density at radius 2 is 2.10 bits per heavy atom. The van der Waals surface area contributed by atoms with Gasteiger partial charge in [-0.15, -0.1) is 0 Å². The Morgan fingerprint density at radius 3 is 2.65 bits per heavy atom. The Bertz CT molecular complexity index is 441. The molecule has 2 atom stereocenters. The number of carbonyl (C=O) groups is 1. The second-order valence-corrected chi connectivity index (χ2v) is 6.11. The van der Waals surface area contributed by atoms with Crippen molar-refractivity contribution in [1.82, 2.24) is 4.90 Å². The summed E-state index contributed by atoms with van der Waals surface area (Å²) in [5.41, 5.74) is 2.23. The van der Waals surface area contributed by atoms with Crippen LogP contribution < -0.4 is 5.32 Å². The molecule has 1 amide bonds. The monoisotopic (exact) mass is 274 g/mol. The molecule has 0 aromatic heterocycles. The summed E-state index contributed by atoms with van der Waals surface area (Å²) in [6.45, 7) is 9.25. The molecule has 20 heavy (non-hydrogen) atoms. The van der Waals surface area contributed by atoms with Crippen LogP contribution in [0.25, 0.3) is 0 Å². The summed E-state index contributed by atoms with van der Waals surface area (Å²) < 4.78 is 0. The summed E-state index contributed by atoms with van der Waals surface area (Å²) in [6.07, 6.45) is 2.34. The Labute approximate surface area is 122 Å². The van der Waals surface area contributed by atoms with Gasteiger partial charge in [0.05, 0.1) is 6.54 Å². The number of rotatable bonds is 5. The molecule has 3 heteroatoms. The molecular weight excluding hydrogens is 248 g/mol. The van der Waals surface area contributed by atoms with Crippen LogP contribution in [0.3, 0.4) is 0 Å². The molecule has 110 valence electrons. The second kappa shape index (κ2) is 6.89. The maximum absolute atomic E-state index is 12.0. The minimum atomic E-state index is 0.0930. The molecule has 1 aliphatic rings. The molecule has 0 bridgehead atoms. The molecule has 1 fully saturated rings. The minimum Gasteiger partial charge on any atom is -0.325 e. The van der Waals surface area contributed by atoms with E-state index in [-0.39, 0.29) is 5.91 Å². The number of hydrogen-bond acceptors (Lipinski definition) is 2. The van der Waals surface area contributed by atoms with E-state index in [4.69, 9.17) is 0 Å². The molecule has 1 aromatic rings. The van der Waals surface area contributed by atoms with Crippen molar-refractivity contribution < 1.29 is 4.79 Å². The lowest BCUT2D eigenvalue weighted by atomic mass is 9.99. The summed E-state index contributed by atoms with van der Waals surface area (Å²) in [5, 5.41) is 2.99. The van der Waals surface area contributed by atoms with Gasteiger partial charge >= 0.3 is 0 Å². The lowest BCUT2D eigenvalue weighted by Crippen LogP contribution is -2.31. The minimum absolute atomic E-state index is 0.0930. The molecule has 0 aliphatic carbocycles. The van der Waals surface area contributed by atoms with E-state index < -0.39 is 0 Å². The molecule has 1 heterocycles. The van der Waals surface area contributed by atoms with Gasteiger partial charge in [0.1, 0.15) is 0 Å². The number of nitrogens with zero attached hydrogens (tertiary/aromatic N) is 1. The smallest absolute Gasteiger partial charge is 0.238 e. The number of benzene rings is 1. The summed E-state index contributed by atoms with van der Waals surface area (Å²) in [4.78, 5) is 14.2. The fourth-order valence-corrected chi connectivity index (χ4v) is 2.70. The number of anilines is 1. The third-order valence-corrected chi connectivity index (χ3v) is 4.25. The molecule has 2 rings (SSSR count). The fraction of sp³-hybridized carbons (Fsp3) is 0.588. The molecule has 1 aliphatic heterocycles. The van der Waals surface area contributed by atoms with Crippen molar-refractivity contribution in [3.05, 3.63) is 29.8 Å². The molecule has 0 saturated carbocycles. The summed E-state index contributed by atoms with van der Waals surface area (Å²) in [7, 11) is 0. The highest BCUT2D eigenvalue weighted by Gasteiger charge is 2.20. The average molecular weight is 274 g/mol. The van der Waals surface area contributed by atoms with E-state index >= 15 is 0 Å². The van der Waals surface area contributed by atoms with Crippen LogP contribution in [0.15, 0.2) is 24.3 Å². The van der Waals surface area contributed by atoms with Crippen molar-refractivity contribution in [3.63, 3.8) is 0 Å². The lowest BCUT2D eigenvalue weighted by Gasteiger charge is -2.15. The van der Waals surface area contributed by atoms with E-state index in [0.29, 0.717) is 12.5 Å². The quantitative estimate of drug-likeness (QED) is 0.891. The summed E-state index contributed by atoms with van der Waals surface area (Å²) in [5.74, 6) is 1.39. The average Bonchev–Trinajstić information content (AvgIpc) is 2.84. The van der Waals surface area contributed by atoms with Gasteiger partial charge in [0.2, 0.25) is 5.91 Å². The first kappa shape index (κ1) is 15.0.